The summed E-state index contributed by atoms with van der Waals surface area (Å²) in [6, 6.07) is 13.2. The molecule has 0 aromatic heterocycles. The number of hydrogen-bond acceptors (Lipinski definition) is 5. The van der Waals surface area contributed by atoms with E-state index in [0.29, 0.717) is 17.2 Å². The topological polar surface area (TPSA) is 74.2 Å². The molecule has 6 heteroatoms. The second-order valence-corrected chi connectivity index (χ2v) is 6.88. The van der Waals surface area contributed by atoms with Crippen LogP contribution in [0.4, 0.5) is 5.69 Å². The zero-order chi connectivity index (χ0) is 21.2. The lowest BCUT2D eigenvalue weighted by molar-refractivity contribution is -0.123. The Hall–Kier alpha value is -3.02. The molecule has 2 aromatic carbocycles. The van der Waals surface area contributed by atoms with Gasteiger partial charge in [0.15, 0.2) is 6.61 Å². The van der Waals surface area contributed by atoms with Crippen LogP contribution in [0.5, 0.6) is 11.5 Å². The number of benzene rings is 2. The SMILES string of the molecule is CCC(C)c1ccc(OCC(=O)N/N=C/c2ccc(N(CC)CC)cc2O)cc1. The highest BCUT2D eigenvalue weighted by Crippen LogP contribution is 2.23. The minimum absolute atomic E-state index is 0.116. The van der Waals surface area contributed by atoms with E-state index in [2.05, 4.69) is 43.1 Å². The largest absolute Gasteiger partial charge is 0.507 e. The molecule has 2 N–H and O–H groups in total. The first-order valence-corrected chi connectivity index (χ1v) is 10.1. The molecule has 0 saturated heterocycles. The zero-order valence-corrected chi connectivity index (χ0v) is 17.7. The minimum Gasteiger partial charge on any atom is -0.507 e. The summed E-state index contributed by atoms with van der Waals surface area (Å²) in [5.41, 5.74) is 5.14. The van der Waals surface area contributed by atoms with Gasteiger partial charge >= 0.3 is 0 Å². The van der Waals surface area contributed by atoms with Gasteiger partial charge in [-0.3, -0.25) is 4.79 Å². The van der Waals surface area contributed by atoms with Crippen molar-refractivity contribution in [2.45, 2.75) is 40.0 Å². The second-order valence-electron chi connectivity index (χ2n) is 6.88. The van der Waals surface area contributed by atoms with Gasteiger partial charge in [0.25, 0.3) is 5.91 Å². The Labute approximate surface area is 173 Å². The van der Waals surface area contributed by atoms with Crippen LogP contribution in [0.25, 0.3) is 0 Å². The van der Waals surface area contributed by atoms with Gasteiger partial charge in [0.1, 0.15) is 11.5 Å². The highest BCUT2D eigenvalue weighted by Gasteiger charge is 2.07. The van der Waals surface area contributed by atoms with E-state index < -0.39 is 0 Å². The monoisotopic (exact) mass is 397 g/mol. The van der Waals surface area contributed by atoms with E-state index in [1.807, 2.05) is 30.3 Å². The number of amides is 1. The summed E-state index contributed by atoms with van der Waals surface area (Å²) in [7, 11) is 0. The average molecular weight is 398 g/mol. The van der Waals surface area contributed by atoms with Gasteiger partial charge < -0.3 is 14.7 Å². The van der Waals surface area contributed by atoms with Crippen molar-refractivity contribution in [1.29, 1.82) is 0 Å². The van der Waals surface area contributed by atoms with E-state index in [9.17, 15) is 9.90 Å². The number of phenols is 1. The van der Waals surface area contributed by atoms with Crippen LogP contribution < -0.4 is 15.1 Å². The van der Waals surface area contributed by atoms with Crippen molar-refractivity contribution in [2.24, 2.45) is 5.10 Å². The lowest BCUT2D eigenvalue weighted by atomic mass is 9.99. The van der Waals surface area contributed by atoms with Gasteiger partial charge in [-0.15, -0.1) is 0 Å². The summed E-state index contributed by atoms with van der Waals surface area (Å²) in [6.45, 7) is 10.0. The van der Waals surface area contributed by atoms with Gasteiger partial charge in [0, 0.05) is 30.4 Å². The number of hydrogen-bond donors (Lipinski definition) is 2. The smallest absolute Gasteiger partial charge is 0.277 e. The van der Waals surface area contributed by atoms with Crippen LogP contribution in [-0.4, -0.2) is 36.9 Å². The highest BCUT2D eigenvalue weighted by atomic mass is 16.5. The number of hydrazone groups is 1. The molecular weight excluding hydrogens is 366 g/mol. The van der Waals surface area contributed by atoms with Crippen LogP contribution in [0.15, 0.2) is 47.6 Å². The van der Waals surface area contributed by atoms with Gasteiger partial charge in [-0.1, -0.05) is 26.0 Å². The molecule has 0 aliphatic rings. The molecule has 0 heterocycles. The number of rotatable bonds is 10. The molecule has 0 fully saturated rings. The molecule has 0 aliphatic heterocycles. The number of nitrogens with one attached hydrogen (secondary N) is 1. The maximum Gasteiger partial charge on any atom is 0.277 e. The first-order valence-electron chi connectivity index (χ1n) is 10.1. The third kappa shape index (κ3) is 6.52. The van der Waals surface area contributed by atoms with Gasteiger partial charge in [-0.2, -0.15) is 5.10 Å². The molecule has 156 valence electrons. The molecule has 0 aliphatic carbocycles. The second kappa shape index (κ2) is 11.1. The van der Waals surface area contributed by atoms with Crippen LogP contribution >= 0.6 is 0 Å². The summed E-state index contributed by atoms with van der Waals surface area (Å²) < 4.78 is 5.49. The Morgan fingerprint density at radius 1 is 1.17 bits per heavy atom. The summed E-state index contributed by atoms with van der Waals surface area (Å²) in [5.74, 6) is 0.886. The minimum atomic E-state index is -0.369. The molecular formula is C23H31N3O3. The van der Waals surface area contributed by atoms with Crippen LogP contribution in [0.1, 0.15) is 51.2 Å². The molecule has 2 rings (SSSR count). The van der Waals surface area contributed by atoms with Crippen LogP contribution in [-0.2, 0) is 4.79 Å². The van der Waals surface area contributed by atoms with Crippen molar-refractivity contribution in [3.05, 3.63) is 53.6 Å². The van der Waals surface area contributed by atoms with Crippen molar-refractivity contribution < 1.29 is 14.6 Å². The molecule has 6 nitrogen and oxygen atoms in total. The van der Waals surface area contributed by atoms with Crippen molar-refractivity contribution in [3.8, 4) is 11.5 Å². The highest BCUT2D eigenvalue weighted by molar-refractivity contribution is 5.86. The van der Waals surface area contributed by atoms with Gasteiger partial charge in [-0.25, -0.2) is 5.43 Å². The number of carbonyl (C=O) groups excluding carboxylic acids is 1. The number of phenolic OH excluding ortho intramolecular Hbond substituents is 1. The molecule has 0 bridgehead atoms. The maximum atomic E-state index is 11.9. The first-order chi connectivity index (χ1) is 14.0. The molecule has 1 atom stereocenters. The van der Waals surface area contributed by atoms with Crippen LogP contribution in [0.3, 0.4) is 0 Å². The normalized spacial score (nSPS) is 12.0. The van der Waals surface area contributed by atoms with E-state index in [1.165, 1.54) is 11.8 Å². The van der Waals surface area contributed by atoms with E-state index in [1.54, 1.807) is 12.1 Å². The molecule has 0 spiro atoms. The van der Waals surface area contributed by atoms with Crippen molar-refractivity contribution in [1.82, 2.24) is 5.43 Å². The molecule has 0 saturated carbocycles. The Morgan fingerprint density at radius 3 is 2.45 bits per heavy atom. The van der Waals surface area contributed by atoms with E-state index in [4.69, 9.17) is 4.74 Å². The third-order valence-corrected chi connectivity index (χ3v) is 4.97. The number of aromatic hydroxyl groups is 1. The molecule has 29 heavy (non-hydrogen) atoms. The molecule has 1 amide bonds. The predicted octanol–water partition coefficient (Wildman–Crippen LogP) is 4.28. The van der Waals surface area contributed by atoms with Crippen molar-refractivity contribution in [3.63, 3.8) is 0 Å². The van der Waals surface area contributed by atoms with E-state index >= 15 is 0 Å². The number of ether oxygens (including phenoxy) is 1. The molecule has 1 unspecified atom stereocenters. The van der Waals surface area contributed by atoms with E-state index in [-0.39, 0.29) is 18.3 Å². The number of nitrogens with zero attached hydrogens (tertiary/aromatic N) is 2. The Morgan fingerprint density at radius 2 is 1.86 bits per heavy atom. The zero-order valence-electron chi connectivity index (χ0n) is 17.7. The fraction of sp³-hybridized carbons (Fsp3) is 0.391. The lowest BCUT2D eigenvalue weighted by Gasteiger charge is -2.21. The summed E-state index contributed by atoms with van der Waals surface area (Å²) in [5, 5.41) is 14.1. The molecule has 2 aromatic rings. The number of carbonyl (C=O) groups is 1. The maximum absolute atomic E-state index is 11.9. The van der Waals surface area contributed by atoms with Gasteiger partial charge in [0.2, 0.25) is 0 Å². The summed E-state index contributed by atoms with van der Waals surface area (Å²) in [4.78, 5) is 14.0. The standard InChI is InChI=1S/C23H31N3O3/c1-5-17(4)18-9-12-21(13-10-18)29-16-23(28)25-24-15-19-8-11-20(14-22(19)27)26(6-2)7-3/h8-15,17,27H,5-7,16H2,1-4H3,(H,25,28)/b24-15+. The van der Waals surface area contributed by atoms with Gasteiger partial charge in [-0.05, 0) is 56.0 Å². The summed E-state index contributed by atoms with van der Waals surface area (Å²) in [6.07, 6.45) is 2.49. The predicted molar refractivity (Wildman–Crippen MR) is 118 cm³/mol. The summed E-state index contributed by atoms with van der Waals surface area (Å²) >= 11 is 0. The number of anilines is 1. The van der Waals surface area contributed by atoms with Crippen molar-refractivity contribution in [2.75, 3.05) is 24.6 Å². The fourth-order valence-corrected chi connectivity index (χ4v) is 2.91. The Kier molecular flexibility index (Phi) is 8.52. The quantitative estimate of drug-likeness (QED) is 0.463. The Balaban J connectivity index is 1.85. The van der Waals surface area contributed by atoms with Crippen LogP contribution in [0, 0.1) is 0 Å². The van der Waals surface area contributed by atoms with Gasteiger partial charge in [0.05, 0.1) is 6.21 Å². The third-order valence-electron chi connectivity index (χ3n) is 4.97. The van der Waals surface area contributed by atoms with Crippen LogP contribution in [0.2, 0.25) is 0 Å². The fourth-order valence-electron chi connectivity index (χ4n) is 2.91. The van der Waals surface area contributed by atoms with E-state index in [0.717, 1.165) is 25.2 Å². The Bertz CT molecular complexity index is 815. The van der Waals surface area contributed by atoms with Crippen molar-refractivity contribution >= 4 is 17.8 Å². The average Bonchev–Trinajstić information content (AvgIpc) is 2.74. The first kappa shape index (κ1) is 22.3. The lowest BCUT2D eigenvalue weighted by Crippen LogP contribution is -2.24. The molecule has 0 radical (unpaired) electrons.